The van der Waals surface area contributed by atoms with Crippen molar-refractivity contribution in [1.82, 2.24) is 15.1 Å². The number of ether oxygens (including phenoxy) is 4. The van der Waals surface area contributed by atoms with Crippen molar-refractivity contribution in [2.75, 3.05) is 27.5 Å². The molecule has 10 nitrogen and oxygen atoms in total. The highest BCUT2D eigenvalue weighted by molar-refractivity contribution is 5.79. The van der Waals surface area contributed by atoms with Crippen molar-refractivity contribution in [3.63, 3.8) is 0 Å². The molecule has 10 heteroatoms. The number of carbonyl (C=O) groups excluding carboxylic acids is 2. The first-order chi connectivity index (χ1) is 22.6. The van der Waals surface area contributed by atoms with E-state index < -0.39 is 5.97 Å². The van der Waals surface area contributed by atoms with E-state index in [4.69, 9.17) is 18.9 Å². The molecule has 1 fully saturated rings. The SMILES string of the molecule is COc1c(C)cc2c(c1O)[C@@H]1C3Cc4c(OC(C)=O)c(C)c5c(c4[C@H](CNC(=O)Cc4ccccc4)N3[C@@H](C)[C@H](CC2)N1C)OCO5. The second kappa shape index (κ2) is 12.1. The summed E-state index contributed by atoms with van der Waals surface area (Å²) in [6.45, 7) is 7.90. The number of methoxy groups -OCH3 is 1. The molecule has 0 spiro atoms. The minimum absolute atomic E-state index is 0.0621. The van der Waals surface area contributed by atoms with Crippen molar-refractivity contribution in [2.24, 2.45) is 0 Å². The van der Waals surface area contributed by atoms with Crippen LogP contribution in [0.3, 0.4) is 0 Å². The van der Waals surface area contributed by atoms with Crippen LogP contribution in [0.25, 0.3) is 0 Å². The Morgan fingerprint density at radius 1 is 1.06 bits per heavy atom. The molecule has 0 radical (unpaired) electrons. The Hall–Kier alpha value is -4.28. The molecule has 1 saturated heterocycles. The lowest BCUT2D eigenvalue weighted by Crippen LogP contribution is -2.66. The maximum absolute atomic E-state index is 13.4. The summed E-state index contributed by atoms with van der Waals surface area (Å²) in [4.78, 5) is 30.9. The van der Waals surface area contributed by atoms with E-state index >= 15 is 0 Å². The second-order valence-corrected chi connectivity index (χ2v) is 13.3. The molecule has 4 aliphatic heterocycles. The Balaban J connectivity index is 1.40. The van der Waals surface area contributed by atoms with Gasteiger partial charge in [0.15, 0.2) is 23.0 Å². The Bertz CT molecular complexity index is 1740. The Kier molecular flexibility index (Phi) is 8.04. The fourth-order valence-corrected chi connectivity index (χ4v) is 8.82. The van der Waals surface area contributed by atoms with Gasteiger partial charge >= 0.3 is 5.97 Å². The van der Waals surface area contributed by atoms with Crippen LogP contribution in [0.1, 0.15) is 71.3 Å². The number of phenols is 1. The predicted molar refractivity (Wildman–Crippen MR) is 175 cm³/mol. The van der Waals surface area contributed by atoms with Crippen LogP contribution in [-0.4, -0.2) is 72.4 Å². The minimum atomic E-state index is -0.420. The van der Waals surface area contributed by atoms with E-state index in [1.54, 1.807) is 7.11 Å². The summed E-state index contributed by atoms with van der Waals surface area (Å²) < 4.78 is 23.8. The molecule has 3 aromatic rings. The monoisotopic (exact) mass is 641 g/mol. The molecular formula is C37H43N3O7. The van der Waals surface area contributed by atoms with Gasteiger partial charge in [0.05, 0.1) is 25.6 Å². The van der Waals surface area contributed by atoms with E-state index in [0.717, 1.165) is 46.2 Å². The number of aryl methyl sites for hydroxylation is 2. The maximum Gasteiger partial charge on any atom is 0.308 e. The molecular weight excluding hydrogens is 598 g/mol. The van der Waals surface area contributed by atoms with Gasteiger partial charge < -0.3 is 29.4 Å². The lowest BCUT2D eigenvalue weighted by Gasteiger charge is -2.58. The van der Waals surface area contributed by atoms with Crippen LogP contribution >= 0.6 is 0 Å². The molecule has 248 valence electrons. The summed E-state index contributed by atoms with van der Waals surface area (Å²) >= 11 is 0. The molecule has 3 aromatic carbocycles. The van der Waals surface area contributed by atoms with Gasteiger partial charge in [-0.1, -0.05) is 36.4 Å². The third kappa shape index (κ3) is 5.09. The van der Waals surface area contributed by atoms with E-state index in [-0.39, 0.29) is 55.1 Å². The van der Waals surface area contributed by atoms with E-state index in [2.05, 4.69) is 35.2 Å². The first kappa shape index (κ1) is 31.3. The lowest BCUT2D eigenvalue weighted by molar-refractivity contribution is -0.132. The largest absolute Gasteiger partial charge is 0.504 e. The number of likely N-dealkylation sites (N-methyl/N-ethyl adjacent to an activating group) is 1. The van der Waals surface area contributed by atoms with Crippen LogP contribution in [0.5, 0.6) is 28.7 Å². The third-order valence-corrected chi connectivity index (χ3v) is 10.7. The van der Waals surface area contributed by atoms with Crippen molar-refractivity contribution in [1.29, 1.82) is 0 Å². The molecule has 2 bridgehead atoms. The molecule has 4 heterocycles. The van der Waals surface area contributed by atoms with Gasteiger partial charge in [-0.2, -0.15) is 0 Å². The molecule has 0 aliphatic carbocycles. The van der Waals surface area contributed by atoms with Crippen LogP contribution in [-0.2, 0) is 28.9 Å². The van der Waals surface area contributed by atoms with Crippen molar-refractivity contribution in [2.45, 2.75) is 83.6 Å². The Labute approximate surface area is 275 Å². The van der Waals surface area contributed by atoms with Crippen LogP contribution < -0.4 is 24.3 Å². The number of fused-ring (bicyclic) bond motifs is 9. The number of aromatic hydroxyl groups is 1. The molecule has 47 heavy (non-hydrogen) atoms. The van der Waals surface area contributed by atoms with Crippen LogP contribution in [0.4, 0.5) is 0 Å². The van der Waals surface area contributed by atoms with Crippen molar-refractivity contribution >= 4 is 11.9 Å². The minimum Gasteiger partial charge on any atom is -0.504 e. The summed E-state index contributed by atoms with van der Waals surface area (Å²) in [5, 5.41) is 15.1. The number of piperazine rings is 1. The van der Waals surface area contributed by atoms with Crippen LogP contribution in [0, 0.1) is 13.8 Å². The fraction of sp³-hybridized carbons (Fsp3) is 0.459. The first-order valence-electron chi connectivity index (χ1n) is 16.4. The molecule has 7 rings (SSSR count). The predicted octanol–water partition coefficient (Wildman–Crippen LogP) is 4.69. The zero-order valence-corrected chi connectivity index (χ0v) is 27.9. The van der Waals surface area contributed by atoms with Gasteiger partial charge in [0.2, 0.25) is 12.7 Å². The van der Waals surface area contributed by atoms with Gasteiger partial charge in [-0.15, -0.1) is 0 Å². The Morgan fingerprint density at radius 2 is 1.81 bits per heavy atom. The number of nitrogens with zero attached hydrogens (tertiary/aromatic N) is 2. The zero-order valence-electron chi connectivity index (χ0n) is 27.9. The number of hydrogen-bond acceptors (Lipinski definition) is 9. The van der Waals surface area contributed by atoms with Crippen LogP contribution in [0.15, 0.2) is 36.4 Å². The Morgan fingerprint density at radius 3 is 2.53 bits per heavy atom. The van der Waals surface area contributed by atoms with E-state index in [0.29, 0.717) is 41.5 Å². The summed E-state index contributed by atoms with van der Waals surface area (Å²) in [5.74, 6) is 1.86. The summed E-state index contributed by atoms with van der Waals surface area (Å²) in [7, 11) is 3.74. The molecule has 4 aliphatic rings. The van der Waals surface area contributed by atoms with Gasteiger partial charge in [-0.05, 0) is 63.8 Å². The summed E-state index contributed by atoms with van der Waals surface area (Å²) in [6.07, 6.45) is 2.52. The van der Waals surface area contributed by atoms with Crippen molar-refractivity contribution in [3.8, 4) is 28.7 Å². The smallest absolute Gasteiger partial charge is 0.308 e. The molecule has 5 atom stereocenters. The number of rotatable bonds is 6. The topological polar surface area (TPSA) is 110 Å². The van der Waals surface area contributed by atoms with Gasteiger partial charge in [0.1, 0.15) is 5.75 Å². The second-order valence-electron chi connectivity index (χ2n) is 13.3. The highest BCUT2D eigenvalue weighted by Gasteiger charge is 2.54. The number of amides is 1. The normalized spacial score (nSPS) is 24.4. The van der Waals surface area contributed by atoms with Gasteiger partial charge in [-0.3, -0.25) is 19.4 Å². The summed E-state index contributed by atoms with van der Waals surface area (Å²) in [6, 6.07) is 11.4. The average Bonchev–Trinajstić information content (AvgIpc) is 3.49. The number of benzene rings is 3. The molecule has 1 amide bonds. The highest BCUT2D eigenvalue weighted by atomic mass is 16.7. The summed E-state index contributed by atoms with van der Waals surface area (Å²) in [5.41, 5.74) is 6.30. The first-order valence-corrected chi connectivity index (χ1v) is 16.4. The highest BCUT2D eigenvalue weighted by Crippen LogP contribution is 2.57. The fourth-order valence-electron chi connectivity index (χ4n) is 8.82. The van der Waals surface area contributed by atoms with Gasteiger partial charge in [-0.25, -0.2) is 0 Å². The van der Waals surface area contributed by atoms with Crippen LogP contribution in [0.2, 0.25) is 0 Å². The van der Waals surface area contributed by atoms with E-state index in [1.807, 2.05) is 44.2 Å². The quantitative estimate of drug-likeness (QED) is 0.293. The number of phenolic OH excluding ortho intramolecular Hbond substituents is 1. The standard InChI is InChI=1S/C37H43N3O7/c1-19-14-24-12-13-26-21(3)40-27(32(39(26)5)30(24)33(43)34(19)44-6)16-25-31(28(40)17-38-29(42)15-23-10-8-7-9-11-23)37-36(45-18-46-37)20(2)35(25)47-22(4)41/h7-11,14,21,26-28,32,43H,12-13,15-18H2,1-6H3,(H,38,42)/t21-,26-,27?,28-,32-/m0/s1. The molecule has 0 aromatic heterocycles. The van der Waals surface area contributed by atoms with Crippen molar-refractivity contribution < 1.29 is 33.6 Å². The van der Waals surface area contributed by atoms with E-state index in [1.165, 1.54) is 6.92 Å². The maximum atomic E-state index is 13.4. The molecule has 1 unspecified atom stereocenters. The van der Waals surface area contributed by atoms with E-state index in [9.17, 15) is 14.7 Å². The van der Waals surface area contributed by atoms with Gasteiger partial charge in [0, 0.05) is 53.8 Å². The third-order valence-electron chi connectivity index (χ3n) is 10.7. The average molecular weight is 642 g/mol. The molecule has 0 saturated carbocycles. The van der Waals surface area contributed by atoms with Gasteiger partial charge in [0.25, 0.3) is 0 Å². The number of nitrogens with one attached hydrogen (secondary N) is 1. The zero-order chi connectivity index (χ0) is 33.1. The lowest BCUT2D eigenvalue weighted by atomic mass is 9.76. The number of carbonyl (C=O) groups is 2. The number of hydrogen-bond donors (Lipinski definition) is 2. The molecule has 2 N–H and O–H groups in total. The number of esters is 1. The van der Waals surface area contributed by atoms with Crippen molar-refractivity contribution in [3.05, 3.63) is 75.3 Å².